The summed E-state index contributed by atoms with van der Waals surface area (Å²) in [6.45, 7) is 1.70. The molecule has 19 heavy (non-hydrogen) atoms. The highest BCUT2D eigenvalue weighted by atomic mass is 35.5. The van der Waals surface area contributed by atoms with E-state index >= 15 is 0 Å². The number of carboxylic acids is 1. The number of aliphatic carboxylic acids is 1. The van der Waals surface area contributed by atoms with Crippen LogP contribution in [-0.2, 0) is 4.79 Å². The number of carbonyl (C=O) groups excluding carboxylic acids is 1. The van der Waals surface area contributed by atoms with Gasteiger partial charge in [-0.2, -0.15) is 0 Å². The fourth-order valence-corrected chi connectivity index (χ4v) is 1.80. The van der Waals surface area contributed by atoms with Crippen molar-refractivity contribution in [1.82, 2.24) is 5.32 Å². The predicted molar refractivity (Wildman–Crippen MR) is 65.7 cm³/mol. The van der Waals surface area contributed by atoms with Crippen LogP contribution in [0, 0.1) is 6.92 Å². The van der Waals surface area contributed by atoms with Crippen LogP contribution < -0.4 is 5.32 Å². The lowest BCUT2D eigenvalue weighted by Crippen LogP contribution is -2.42. The summed E-state index contributed by atoms with van der Waals surface area (Å²) in [5, 5.41) is 11.1. The van der Waals surface area contributed by atoms with Crippen molar-refractivity contribution in [3.63, 3.8) is 0 Å². The number of carboxylic acid groups (broad SMARTS) is 1. The third kappa shape index (κ3) is 4.82. The van der Waals surface area contributed by atoms with Gasteiger partial charge in [-0.3, -0.25) is 4.79 Å². The lowest BCUT2D eigenvalue weighted by Gasteiger charge is -2.14. The third-order valence-corrected chi connectivity index (χ3v) is 2.54. The highest BCUT2D eigenvalue weighted by Crippen LogP contribution is 2.15. The quantitative estimate of drug-likeness (QED) is 0.876. The Hall–Kier alpha value is -1.69. The second-order valence-electron chi connectivity index (χ2n) is 4.01. The molecule has 2 N–H and O–H groups in total. The maximum absolute atomic E-state index is 12.2. The zero-order valence-corrected chi connectivity index (χ0v) is 10.7. The minimum Gasteiger partial charge on any atom is -0.480 e. The van der Waals surface area contributed by atoms with Crippen LogP contribution in [0.25, 0.3) is 0 Å². The molecule has 1 aromatic rings. The van der Waals surface area contributed by atoms with E-state index in [0.29, 0.717) is 10.6 Å². The first-order valence-corrected chi connectivity index (χ1v) is 5.76. The minimum atomic E-state index is -2.82. The Bertz CT molecular complexity index is 474. The van der Waals surface area contributed by atoms with Crippen molar-refractivity contribution < 1.29 is 23.5 Å². The van der Waals surface area contributed by atoms with E-state index < -0.39 is 30.8 Å². The maximum atomic E-state index is 12.2. The van der Waals surface area contributed by atoms with E-state index in [1.807, 2.05) is 5.32 Å². The summed E-state index contributed by atoms with van der Waals surface area (Å²) in [5.41, 5.74) is 0.837. The van der Waals surface area contributed by atoms with Gasteiger partial charge in [-0.1, -0.05) is 11.6 Å². The van der Waals surface area contributed by atoms with Gasteiger partial charge in [-0.15, -0.1) is 0 Å². The van der Waals surface area contributed by atoms with Crippen LogP contribution in [0.1, 0.15) is 22.3 Å². The predicted octanol–water partition coefficient (Wildman–Crippen LogP) is 2.49. The Morgan fingerprint density at radius 3 is 2.47 bits per heavy atom. The number of alkyl halides is 2. The van der Waals surface area contributed by atoms with Crippen LogP contribution in [-0.4, -0.2) is 29.5 Å². The van der Waals surface area contributed by atoms with Crippen molar-refractivity contribution in [2.75, 3.05) is 0 Å². The second kappa shape index (κ2) is 6.47. The van der Waals surface area contributed by atoms with Crippen molar-refractivity contribution in [1.29, 1.82) is 0 Å². The number of nitrogens with one attached hydrogen (secondary N) is 1. The summed E-state index contributed by atoms with van der Waals surface area (Å²) >= 11 is 5.76. The highest BCUT2D eigenvalue weighted by molar-refractivity contribution is 6.31. The van der Waals surface area contributed by atoms with E-state index in [0.717, 1.165) is 0 Å². The van der Waals surface area contributed by atoms with E-state index in [4.69, 9.17) is 16.7 Å². The molecule has 0 aliphatic heterocycles. The molecule has 0 bridgehead atoms. The van der Waals surface area contributed by atoms with Gasteiger partial charge in [0.25, 0.3) is 5.91 Å². The molecule has 0 spiro atoms. The molecule has 0 aliphatic carbocycles. The van der Waals surface area contributed by atoms with E-state index in [2.05, 4.69) is 0 Å². The smallest absolute Gasteiger partial charge is 0.326 e. The Balaban J connectivity index is 2.84. The number of rotatable bonds is 5. The first kappa shape index (κ1) is 15.4. The van der Waals surface area contributed by atoms with E-state index in [1.54, 1.807) is 13.0 Å². The van der Waals surface area contributed by atoms with Crippen molar-refractivity contribution in [3.8, 4) is 0 Å². The Kier molecular flexibility index (Phi) is 5.23. The summed E-state index contributed by atoms with van der Waals surface area (Å²) in [4.78, 5) is 22.5. The number of aryl methyl sites for hydroxylation is 1. The van der Waals surface area contributed by atoms with Crippen LogP contribution in [0.4, 0.5) is 8.78 Å². The number of carbonyl (C=O) groups is 2. The molecule has 1 rings (SSSR count). The zero-order chi connectivity index (χ0) is 14.6. The fraction of sp³-hybridized carbons (Fsp3) is 0.333. The Morgan fingerprint density at radius 1 is 1.37 bits per heavy atom. The molecular formula is C12H12ClF2NO3. The lowest BCUT2D eigenvalue weighted by atomic mass is 10.1. The summed E-state index contributed by atoms with van der Waals surface area (Å²) in [6, 6.07) is 2.81. The van der Waals surface area contributed by atoms with Gasteiger partial charge in [-0.05, 0) is 30.7 Å². The molecule has 1 amide bonds. The largest absolute Gasteiger partial charge is 0.480 e. The second-order valence-corrected chi connectivity index (χ2v) is 4.44. The first-order valence-electron chi connectivity index (χ1n) is 5.38. The van der Waals surface area contributed by atoms with Gasteiger partial charge >= 0.3 is 5.97 Å². The van der Waals surface area contributed by atoms with Gasteiger partial charge in [0.1, 0.15) is 6.04 Å². The van der Waals surface area contributed by atoms with Crippen LogP contribution in [0.3, 0.4) is 0 Å². The van der Waals surface area contributed by atoms with Crippen LogP contribution in [0.5, 0.6) is 0 Å². The van der Waals surface area contributed by atoms with Gasteiger partial charge in [-0.25, -0.2) is 13.6 Å². The van der Waals surface area contributed by atoms with Crippen molar-refractivity contribution in [2.24, 2.45) is 0 Å². The molecule has 1 atom stereocenters. The summed E-state index contributed by atoms with van der Waals surface area (Å²) in [5.74, 6) is -2.26. The van der Waals surface area contributed by atoms with E-state index in [1.165, 1.54) is 12.1 Å². The molecule has 0 radical (unpaired) electrons. The third-order valence-electron chi connectivity index (χ3n) is 2.32. The van der Waals surface area contributed by atoms with Crippen LogP contribution in [0.2, 0.25) is 5.02 Å². The molecule has 0 saturated heterocycles. The highest BCUT2D eigenvalue weighted by Gasteiger charge is 2.24. The molecule has 4 nitrogen and oxygen atoms in total. The number of hydrogen-bond donors (Lipinski definition) is 2. The van der Waals surface area contributed by atoms with Gasteiger partial charge in [0.15, 0.2) is 0 Å². The molecule has 104 valence electrons. The van der Waals surface area contributed by atoms with Gasteiger partial charge < -0.3 is 10.4 Å². The average molecular weight is 292 g/mol. The van der Waals surface area contributed by atoms with E-state index in [9.17, 15) is 18.4 Å². The molecular weight excluding hydrogens is 280 g/mol. The molecule has 0 aromatic heterocycles. The number of halogens is 3. The molecule has 7 heteroatoms. The van der Waals surface area contributed by atoms with Crippen molar-refractivity contribution in [2.45, 2.75) is 25.8 Å². The lowest BCUT2D eigenvalue weighted by molar-refractivity contribution is -0.140. The minimum absolute atomic E-state index is 0.130. The summed E-state index contributed by atoms with van der Waals surface area (Å²) in [6.07, 6.45) is -3.76. The van der Waals surface area contributed by atoms with E-state index in [-0.39, 0.29) is 5.56 Å². The number of hydrogen-bond acceptors (Lipinski definition) is 2. The fourth-order valence-electron chi connectivity index (χ4n) is 1.51. The normalized spacial score (nSPS) is 12.3. The Labute approximate surface area is 113 Å². The van der Waals surface area contributed by atoms with Gasteiger partial charge in [0.2, 0.25) is 6.43 Å². The topological polar surface area (TPSA) is 66.4 Å². The first-order chi connectivity index (χ1) is 8.79. The molecule has 1 aromatic carbocycles. The molecule has 0 heterocycles. The van der Waals surface area contributed by atoms with Crippen molar-refractivity contribution >= 4 is 23.5 Å². The molecule has 0 fully saturated rings. The van der Waals surface area contributed by atoms with Crippen molar-refractivity contribution in [3.05, 3.63) is 34.3 Å². The number of benzene rings is 1. The van der Waals surface area contributed by atoms with Crippen LogP contribution >= 0.6 is 11.6 Å². The SMILES string of the molecule is Cc1cc(Cl)cc(C(=O)NC(CC(F)F)C(=O)O)c1. The number of amides is 1. The summed E-state index contributed by atoms with van der Waals surface area (Å²) < 4.78 is 24.4. The van der Waals surface area contributed by atoms with Gasteiger partial charge in [0.05, 0.1) is 0 Å². The Morgan fingerprint density at radius 2 is 2.00 bits per heavy atom. The standard InChI is InChI=1S/C12H12ClF2NO3/c1-6-2-7(4-8(13)3-6)11(17)16-9(12(18)19)5-10(14)15/h2-4,9-10H,5H2,1H3,(H,16,17)(H,18,19). The van der Waals surface area contributed by atoms with Gasteiger partial charge in [0, 0.05) is 17.0 Å². The monoisotopic (exact) mass is 291 g/mol. The molecule has 0 saturated carbocycles. The summed E-state index contributed by atoms with van der Waals surface area (Å²) in [7, 11) is 0. The maximum Gasteiger partial charge on any atom is 0.326 e. The zero-order valence-electron chi connectivity index (χ0n) is 9.99. The molecule has 0 aliphatic rings. The average Bonchev–Trinajstić information content (AvgIpc) is 2.25. The van der Waals surface area contributed by atoms with Crippen LogP contribution in [0.15, 0.2) is 18.2 Å². The molecule has 1 unspecified atom stereocenters.